The SMILES string of the molecule is Nc1ccc(S(=O)(=O)c2ccccc2)c(N)c1. The lowest BCUT2D eigenvalue weighted by Crippen LogP contribution is -2.06. The number of hydrogen-bond donors (Lipinski definition) is 2. The minimum absolute atomic E-state index is 0.0814. The molecule has 2 rings (SSSR count). The first kappa shape index (κ1) is 11.5. The van der Waals surface area contributed by atoms with Crippen LogP contribution in [0.1, 0.15) is 0 Å². The Morgan fingerprint density at radius 3 is 2.12 bits per heavy atom. The predicted octanol–water partition coefficient (Wildman–Crippen LogP) is 1.68. The lowest BCUT2D eigenvalue weighted by Gasteiger charge is -2.07. The molecular weight excluding hydrogens is 236 g/mol. The molecule has 0 unspecified atom stereocenters. The van der Waals surface area contributed by atoms with Gasteiger partial charge in [0.15, 0.2) is 0 Å². The van der Waals surface area contributed by atoms with Crippen molar-refractivity contribution in [1.82, 2.24) is 0 Å². The van der Waals surface area contributed by atoms with E-state index in [0.717, 1.165) is 0 Å². The van der Waals surface area contributed by atoms with Crippen molar-refractivity contribution < 1.29 is 8.42 Å². The van der Waals surface area contributed by atoms with Gasteiger partial charge in [0, 0.05) is 5.69 Å². The van der Waals surface area contributed by atoms with Crippen LogP contribution in [0.15, 0.2) is 58.3 Å². The van der Waals surface area contributed by atoms with Crippen LogP contribution in [0.2, 0.25) is 0 Å². The zero-order valence-corrected chi connectivity index (χ0v) is 9.81. The van der Waals surface area contributed by atoms with E-state index in [1.165, 1.54) is 30.3 Å². The molecule has 0 radical (unpaired) electrons. The first-order valence-corrected chi connectivity index (χ1v) is 6.45. The van der Waals surface area contributed by atoms with Crippen LogP contribution in [-0.4, -0.2) is 8.42 Å². The zero-order valence-electron chi connectivity index (χ0n) is 9.00. The number of hydrogen-bond acceptors (Lipinski definition) is 4. The van der Waals surface area contributed by atoms with Crippen LogP contribution >= 0.6 is 0 Å². The number of benzene rings is 2. The van der Waals surface area contributed by atoms with Gasteiger partial charge in [-0.2, -0.15) is 0 Å². The molecule has 0 bridgehead atoms. The minimum Gasteiger partial charge on any atom is -0.399 e. The number of nitrogens with two attached hydrogens (primary N) is 2. The van der Waals surface area contributed by atoms with Crippen molar-refractivity contribution in [2.24, 2.45) is 0 Å². The van der Waals surface area contributed by atoms with E-state index in [1.54, 1.807) is 18.2 Å². The molecule has 0 aliphatic heterocycles. The van der Waals surface area contributed by atoms with Crippen LogP contribution in [0.3, 0.4) is 0 Å². The molecule has 0 aliphatic rings. The number of rotatable bonds is 2. The Labute approximate surface area is 99.8 Å². The smallest absolute Gasteiger partial charge is 0.208 e. The second kappa shape index (κ2) is 4.10. The third kappa shape index (κ3) is 2.09. The molecule has 0 fully saturated rings. The van der Waals surface area contributed by atoms with Gasteiger partial charge in [-0.3, -0.25) is 0 Å². The average molecular weight is 248 g/mol. The van der Waals surface area contributed by atoms with Gasteiger partial charge >= 0.3 is 0 Å². The van der Waals surface area contributed by atoms with Crippen molar-refractivity contribution in [1.29, 1.82) is 0 Å². The largest absolute Gasteiger partial charge is 0.399 e. The zero-order chi connectivity index (χ0) is 12.5. The molecule has 0 atom stereocenters. The van der Waals surface area contributed by atoms with E-state index in [-0.39, 0.29) is 15.5 Å². The van der Waals surface area contributed by atoms with Crippen molar-refractivity contribution in [3.63, 3.8) is 0 Å². The normalized spacial score (nSPS) is 11.3. The van der Waals surface area contributed by atoms with Gasteiger partial charge < -0.3 is 11.5 Å². The molecule has 0 aliphatic carbocycles. The van der Waals surface area contributed by atoms with Gasteiger partial charge in [0.25, 0.3) is 0 Å². The van der Waals surface area contributed by atoms with E-state index in [9.17, 15) is 8.42 Å². The molecule has 0 amide bonds. The van der Waals surface area contributed by atoms with Gasteiger partial charge in [-0.15, -0.1) is 0 Å². The van der Waals surface area contributed by atoms with Crippen molar-refractivity contribution in [2.45, 2.75) is 9.79 Å². The fraction of sp³-hybridized carbons (Fsp3) is 0. The Hall–Kier alpha value is -2.01. The molecule has 88 valence electrons. The quantitative estimate of drug-likeness (QED) is 0.792. The molecule has 0 spiro atoms. The molecule has 0 heterocycles. The predicted molar refractivity (Wildman–Crippen MR) is 67.2 cm³/mol. The standard InChI is InChI=1S/C12H12N2O2S/c13-9-6-7-12(11(14)8-9)17(15,16)10-4-2-1-3-5-10/h1-8H,13-14H2. The Bertz CT molecular complexity index is 637. The molecule has 2 aromatic rings. The first-order valence-electron chi connectivity index (χ1n) is 4.97. The molecule has 17 heavy (non-hydrogen) atoms. The van der Waals surface area contributed by atoms with E-state index in [1.807, 2.05) is 0 Å². The highest BCUT2D eigenvalue weighted by Gasteiger charge is 2.19. The van der Waals surface area contributed by atoms with Gasteiger partial charge in [0.05, 0.1) is 15.5 Å². The molecule has 0 aromatic heterocycles. The molecular formula is C12H12N2O2S. The van der Waals surface area contributed by atoms with Gasteiger partial charge in [0.1, 0.15) is 0 Å². The summed E-state index contributed by atoms with van der Waals surface area (Å²) in [6, 6.07) is 12.5. The lowest BCUT2D eigenvalue weighted by atomic mass is 10.3. The molecule has 0 saturated heterocycles. The van der Waals surface area contributed by atoms with Crippen molar-refractivity contribution >= 4 is 21.2 Å². The number of sulfone groups is 1. The van der Waals surface area contributed by atoms with Crippen LogP contribution in [0.25, 0.3) is 0 Å². The summed E-state index contributed by atoms with van der Waals surface area (Å²) in [5.74, 6) is 0. The number of anilines is 2. The summed E-state index contributed by atoms with van der Waals surface area (Å²) in [4.78, 5) is 0.300. The molecule has 5 heteroatoms. The van der Waals surface area contributed by atoms with E-state index >= 15 is 0 Å². The summed E-state index contributed by atoms with van der Waals surface area (Å²) in [7, 11) is -3.57. The second-order valence-corrected chi connectivity index (χ2v) is 5.53. The Morgan fingerprint density at radius 1 is 0.882 bits per heavy atom. The van der Waals surface area contributed by atoms with E-state index in [0.29, 0.717) is 5.69 Å². The van der Waals surface area contributed by atoms with E-state index in [2.05, 4.69) is 0 Å². The van der Waals surface area contributed by atoms with Gasteiger partial charge in [-0.25, -0.2) is 8.42 Å². The summed E-state index contributed by atoms with van der Waals surface area (Å²) in [5, 5.41) is 0. The summed E-state index contributed by atoms with van der Waals surface area (Å²) < 4.78 is 24.5. The summed E-state index contributed by atoms with van der Waals surface area (Å²) >= 11 is 0. The first-order chi connectivity index (χ1) is 8.01. The Balaban J connectivity index is 2.61. The fourth-order valence-electron chi connectivity index (χ4n) is 1.54. The molecule has 2 aromatic carbocycles. The molecule has 4 nitrogen and oxygen atoms in total. The van der Waals surface area contributed by atoms with Crippen molar-refractivity contribution in [3.05, 3.63) is 48.5 Å². The maximum absolute atomic E-state index is 12.2. The second-order valence-electron chi connectivity index (χ2n) is 3.61. The highest BCUT2D eigenvalue weighted by atomic mass is 32.2. The summed E-state index contributed by atoms with van der Waals surface area (Å²) in [6.45, 7) is 0. The van der Waals surface area contributed by atoms with Gasteiger partial charge in [-0.05, 0) is 30.3 Å². The average Bonchev–Trinajstić information content (AvgIpc) is 2.29. The van der Waals surface area contributed by atoms with Crippen LogP contribution in [0.5, 0.6) is 0 Å². The van der Waals surface area contributed by atoms with E-state index < -0.39 is 9.84 Å². The highest BCUT2D eigenvalue weighted by Crippen LogP contribution is 2.26. The third-order valence-corrected chi connectivity index (χ3v) is 4.22. The topological polar surface area (TPSA) is 86.2 Å². The molecule has 0 saturated carbocycles. The lowest BCUT2D eigenvalue weighted by molar-refractivity contribution is 0.596. The number of nitrogen functional groups attached to an aromatic ring is 2. The summed E-state index contributed by atoms with van der Waals surface area (Å²) in [5.41, 5.74) is 11.8. The minimum atomic E-state index is -3.57. The monoisotopic (exact) mass is 248 g/mol. The third-order valence-electron chi connectivity index (χ3n) is 2.38. The maximum Gasteiger partial charge on any atom is 0.208 e. The van der Waals surface area contributed by atoms with E-state index in [4.69, 9.17) is 11.5 Å². The molecule has 4 N–H and O–H groups in total. The van der Waals surface area contributed by atoms with Crippen LogP contribution in [0, 0.1) is 0 Å². The Kier molecular flexibility index (Phi) is 2.77. The van der Waals surface area contributed by atoms with Crippen molar-refractivity contribution in [3.8, 4) is 0 Å². The van der Waals surface area contributed by atoms with Gasteiger partial charge in [0.2, 0.25) is 9.84 Å². The fourth-order valence-corrected chi connectivity index (χ4v) is 2.92. The Morgan fingerprint density at radius 2 is 1.53 bits per heavy atom. The van der Waals surface area contributed by atoms with Crippen molar-refractivity contribution in [2.75, 3.05) is 11.5 Å². The maximum atomic E-state index is 12.2. The van der Waals surface area contributed by atoms with Crippen LogP contribution in [-0.2, 0) is 9.84 Å². The summed E-state index contributed by atoms with van der Waals surface area (Å²) in [6.07, 6.45) is 0. The highest BCUT2D eigenvalue weighted by molar-refractivity contribution is 7.91. The van der Waals surface area contributed by atoms with Crippen LogP contribution in [0.4, 0.5) is 11.4 Å². The van der Waals surface area contributed by atoms with Gasteiger partial charge in [-0.1, -0.05) is 18.2 Å². The van der Waals surface area contributed by atoms with Crippen LogP contribution < -0.4 is 11.5 Å².